The van der Waals surface area contributed by atoms with Gasteiger partial charge in [0.25, 0.3) is 0 Å². The Balaban J connectivity index is 2.24. The van der Waals surface area contributed by atoms with Crippen LogP contribution in [-0.4, -0.2) is 34.2 Å². The molecule has 0 bridgehead atoms. The van der Waals surface area contributed by atoms with Crippen LogP contribution in [0.4, 0.5) is 0 Å². The minimum atomic E-state index is -1.56. The topological polar surface area (TPSA) is 110 Å². The van der Waals surface area contributed by atoms with E-state index in [0.717, 1.165) is 5.56 Å². The molecule has 5 atom stereocenters. The van der Waals surface area contributed by atoms with Gasteiger partial charge in [-0.15, -0.1) is 0 Å². The second-order valence-corrected chi connectivity index (χ2v) is 9.98. The zero-order chi connectivity index (χ0) is 25.8. The predicted molar refractivity (Wildman–Crippen MR) is 136 cm³/mol. The first-order chi connectivity index (χ1) is 16.6. The average Bonchev–Trinajstić information content (AvgIpc) is 2.80. The molecule has 0 amide bonds. The molecule has 3 rings (SSSR count). The summed E-state index contributed by atoms with van der Waals surface area (Å²) in [4.78, 5) is 26.2. The van der Waals surface area contributed by atoms with Crippen molar-refractivity contribution in [3.05, 3.63) is 75.8 Å². The molecule has 1 aliphatic rings. The van der Waals surface area contributed by atoms with Crippen molar-refractivity contribution in [1.29, 1.82) is 5.26 Å². The van der Waals surface area contributed by atoms with E-state index in [1.807, 2.05) is 18.2 Å². The lowest BCUT2D eigenvalue weighted by atomic mass is 9.49. The largest absolute Gasteiger partial charge is 0.481 e. The first kappa shape index (κ1) is 26.7. The molecule has 3 N–H and O–H groups in total. The molecule has 1 heterocycles. The van der Waals surface area contributed by atoms with Gasteiger partial charge in [-0.1, -0.05) is 59.6 Å². The highest BCUT2D eigenvalue weighted by molar-refractivity contribution is 6.30. The van der Waals surface area contributed by atoms with E-state index >= 15 is 0 Å². The highest BCUT2D eigenvalue weighted by Crippen LogP contribution is 2.59. The molecular weight excluding hydrogens is 487 g/mol. The molecule has 8 heteroatoms. The van der Waals surface area contributed by atoms with Crippen molar-refractivity contribution < 1.29 is 19.8 Å². The normalized spacial score (nSPS) is 28.5. The lowest BCUT2D eigenvalue weighted by Gasteiger charge is -2.57. The van der Waals surface area contributed by atoms with Crippen LogP contribution in [-0.2, 0) is 9.59 Å². The Morgan fingerprint density at radius 1 is 1.03 bits per heavy atom. The van der Waals surface area contributed by atoms with E-state index in [0.29, 0.717) is 15.6 Å². The fourth-order valence-corrected chi connectivity index (χ4v) is 5.93. The van der Waals surface area contributed by atoms with Gasteiger partial charge in [0.1, 0.15) is 0 Å². The Morgan fingerprint density at radius 3 is 2.23 bits per heavy atom. The minimum absolute atomic E-state index is 0.00711. The summed E-state index contributed by atoms with van der Waals surface area (Å²) in [5.74, 6) is -3.21. The molecule has 2 aromatic carbocycles. The van der Waals surface area contributed by atoms with Crippen LogP contribution in [0.25, 0.3) is 6.08 Å². The number of carboxylic acids is 2. The molecule has 1 aliphatic heterocycles. The Morgan fingerprint density at radius 2 is 1.66 bits per heavy atom. The number of hydrogen-bond acceptors (Lipinski definition) is 4. The van der Waals surface area contributed by atoms with E-state index < -0.39 is 40.8 Å². The van der Waals surface area contributed by atoms with Crippen molar-refractivity contribution in [3.8, 4) is 6.07 Å². The third-order valence-electron chi connectivity index (χ3n) is 7.34. The van der Waals surface area contributed by atoms with Crippen LogP contribution < -0.4 is 5.32 Å². The molecule has 0 saturated carbocycles. The molecule has 0 radical (unpaired) electrons. The number of carbonyl (C=O) groups is 2. The summed E-state index contributed by atoms with van der Waals surface area (Å²) < 4.78 is 0. The molecule has 2 aromatic rings. The van der Waals surface area contributed by atoms with Crippen LogP contribution in [0.1, 0.15) is 50.2 Å². The molecule has 0 spiro atoms. The Kier molecular flexibility index (Phi) is 8.27. The number of nitriles is 1. The second-order valence-electron chi connectivity index (χ2n) is 9.11. The van der Waals surface area contributed by atoms with Crippen molar-refractivity contribution in [1.82, 2.24) is 5.32 Å². The van der Waals surface area contributed by atoms with Gasteiger partial charge in [-0.25, -0.2) is 0 Å². The molecule has 184 valence electrons. The summed E-state index contributed by atoms with van der Waals surface area (Å²) in [7, 11) is 0. The lowest BCUT2D eigenvalue weighted by molar-refractivity contribution is -0.172. The van der Waals surface area contributed by atoms with Gasteiger partial charge in [0.15, 0.2) is 0 Å². The number of aliphatic carboxylic acids is 2. The standard InChI is InChI=1S/C27H28Cl2N2O4/c1-17-26(24(32)33,13-4-6-19-9-11-21(28)12-10-19)23(20-7-3-8-22(29)16-20)27(25(34)35,14-5-15-30)18(2)31-17/h3-4,6-12,16-18,23,31H,5,13-14H2,1-2H3,(H,32,33)(H,34,35). The molecule has 0 aliphatic carbocycles. The maximum Gasteiger partial charge on any atom is 0.312 e. The zero-order valence-corrected chi connectivity index (χ0v) is 21.1. The van der Waals surface area contributed by atoms with Gasteiger partial charge in [-0.3, -0.25) is 9.59 Å². The van der Waals surface area contributed by atoms with E-state index in [2.05, 4.69) is 5.32 Å². The number of piperidine rings is 1. The third kappa shape index (κ3) is 4.95. The first-order valence-electron chi connectivity index (χ1n) is 11.4. The van der Waals surface area contributed by atoms with Gasteiger partial charge < -0.3 is 15.5 Å². The molecular formula is C27H28Cl2N2O4. The number of hydrogen-bond donors (Lipinski definition) is 3. The van der Waals surface area contributed by atoms with Crippen molar-refractivity contribution in [3.63, 3.8) is 0 Å². The van der Waals surface area contributed by atoms with Crippen LogP contribution in [0.15, 0.2) is 54.6 Å². The Labute approximate surface area is 215 Å². The average molecular weight is 515 g/mol. The van der Waals surface area contributed by atoms with Gasteiger partial charge in [-0.2, -0.15) is 5.26 Å². The summed E-state index contributed by atoms with van der Waals surface area (Å²) >= 11 is 12.3. The second kappa shape index (κ2) is 10.8. The van der Waals surface area contributed by atoms with Crippen LogP contribution in [0, 0.1) is 22.2 Å². The maximum atomic E-state index is 13.2. The van der Waals surface area contributed by atoms with Crippen LogP contribution in [0.3, 0.4) is 0 Å². The number of rotatable bonds is 8. The number of allylic oxidation sites excluding steroid dienone is 1. The lowest BCUT2D eigenvalue weighted by Crippen LogP contribution is -2.69. The van der Waals surface area contributed by atoms with Crippen molar-refractivity contribution in [2.45, 2.75) is 51.1 Å². The quantitative estimate of drug-likeness (QED) is 0.397. The van der Waals surface area contributed by atoms with Gasteiger partial charge in [-0.05, 0) is 62.1 Å². The fourth-order valence-electron chi connectivity index (χ4n) is 5.61. The molecule has 5 unspecified atom stereocenters. The summed E-state index contributed by atoms with van der Waals surface area (Å²) in [6, 6.07) is 14.7. The van der Waals surface area contributed by atoms with Crippen LogP contribution in [0.2, 0.25) is 10.0 Å². The number of carboxylic acid groups (broad SMARTS) is 2. The van der Waals surface area contributed by atoms with Crippen molar-refractivity contribution in [2.75, 3.05) is 0 Å². The number of nitrogens with zero attached hydrogens (tertiary/aromatic N) is 1. The van der Waals surface area contributed by atoms with Gasteiger partial charge in [0, 0.05) is 34.5 Å². The Bertz CT molecular complexity index is 1160. The van der Waals surface area contributed by atoms with E-state index in [1.165, 1.54) is 0 Å². The Hall–Kier alpha value is -2.85. The van der Waals surface area contributed by atoms with Crippen LogP contribution >= 0.6 is 23.2 Å². The van der Waals surface area contributed by atoms with E-state index in [-0.39, 0.29) is 19.3 Å². The molecule has 35 heavy (non-hydrogen) atoms. The number of nitrogens with one attached hydrogen (secondary N) is 1. The monoisotopic (exact) mass is 514 g/mol. The SMILES string of the molecule is CC1NC(C)C(CCC#N)(C(=O)O)C(c2cccc(Cl)c2)C1(CC=Cc1ccc(Cl)cc1)C(=O)O. The van der Waals surface area contributed by atoms with E-state index in [9.17, 15) is 25.1 Å². The van der Waals surface area contributed by atoms with Gasteiger partial charge in [0.05, 0.1) is 16.9 Å². The molecule has 0 aromatic heterocycles. The van der Waals surface area contributed by atoms with E-state index in [4.69, 9.17) is 23.2 Å². The first-order valence-corrected chi connectivity index (χ1v) is 12.1. The van der Waals surface area contributed by atoms with Crippen molar-refractivity contribution in [2.24, 2.45) is 10.8 Å². The summed E-state index contributed by atoms with van der Waals surface area (Å²) in [5, 5.41) is 34.9. The van der Waals surface area contributed by atoms with Crippen LogP contribution in [0.5, 0.6) is 0 Å². The van der Waals surface area contributed by atoms with Crippen molar-refractivity contribution >= 4 is 41.2 Å². The third-order valence-corrected chi connectivity index (χ3v) is 7.83. The molecule has 1 saturated heterocycles. The van der Waals surface area contributed by atoms with Gasteiger partial charge in [0.2, 0.25) is 0 Å². The zero-order valence-electron chi connectivity index (χ0n) is 19.5. The van der Waals surface area contributed by atoms with Gasteiger partial charge >= 0.3 is 11.9 Å². The predicted octanol–water partition coefficient (Wildman–Crippen LogP) is 6.01. The van der Waals surface area contributed by atoms with E-state index in [1.54, 1.807) is 62.4 Å². The molecule has 1 fully saturated rings. The minimum Gasteiger partial charge on any atom is -0.481 e. The number of benzene rings is 2. The summed E-state index contributed by atoms with van der Waals surface area (Å²) in [5.41, 5.74) is -1.72. The summed E-state index contributed by atoms with van der Waals surface area (Å²) in [6.07, 6.45) is 3.59. The smallest absolute Gasteiger partial charge is 0.312 e. The maximum absolute atomic E-state index is 13.2. The highest BCUT2D eigenvalue weighted by Gasteiger charge is 2.66. The number of halogens is 2. The fraction of sp³-hybridized carbons (Fsp3) is 0.370. The summed E-state index contributed by atoms with van der Waals surface area (Å²) in [6.45, 7) is 3.52. The highest BCUT2D eigenvalue weighted by atomic mass is 35.5. The molecule has 6 nitrogen and oxygen atoms in total.